The number of esters is 3. The largest absolute Gasteiger partial charge is 0.472 e. The first-order valence-corrected chi connectivity index (χ1v) is 28.3. The van der Waals surface area contributed by atoms with Crippen LogP contribution in [0.25, 0.3) is 0 Å². The average molecular weight is 977 g/mol. The molecule has 2 N–H and O–H groups in total. The molecule has 11 nitrogen and oxygen atoms in total. The van der Waals surface area contributed by atoms with E-state index in [1.165, 1.54) is 89.9 Å². The van der Waals surface area contributed by atoms with Gasteiger partial charge in [0.1, 0.15) is 12.7 Å². The van der Waals surface area contributed by atoms with Gasteiger partial charge in [-0.1, -0.05) is 222 Å². The van der Waals surface area contributed by atoms with Crippen molar-refractivity contribution >= 4 is 25.7 Å². The molecule has 0 aliphatic heterocycles. The van der Waals surface area contributed by atoms with Gasteiger partial charge in [-0.25, -0.2) is 4.57 Å². The van der Waals surface area contributed by atoms with Gasteiger partial charge in [-0.3, -0.25) is 23.4 Å². The van der Waals surface area contributed by atoms with Crippen LogP contribution in [0.3, 0.4) is 0 Å². The van der Waals surface area contributed by atoms with Gasteiger partial charge in [-0.2, -0.15) is 0 Å². The lowest BCUT2D eigenvalue weighted by molar-refractivity contribution is -0.161. The lowest BCUT2D eigenvalue weighted by Crippen LogP contribution is -2.30. The lowest BCUT2D eigenvalue weighted by Gasteiger charge is -2.21. The van der Waals surface area contributed by atoms with Crippen molar-refractivity contribution in [2.24, 2.45) is 0 Å². The number of carbonyl (C=O) groups excluding carboxylic acids is 3. The summed E-state index contributed by atoms with van der Waals surface area (Å²) >= 11 is 0. The molecule has 0 spiro atoms. The summed E-state index contributed by atoms with van der Waals surface area (Å²) < 4.78 is 39.3. The number of hydrogen-bond donors (Lipinski definition) is 2. The minimum Gasteiger partial charge on any atom is -0.462 e. The van der Waals surface area contributed by atoms with Crippen LogP contribution in [0.2, 0.25) is 0 Å². The Hall–Kier alpha value is -3.08. The van der Waals surface area contributed by atoms with Crippen molar-refractivity contribution in [2.45, 2.75) is 238 Å². The van der Waals surface area contributed by atoms with E-state index in [9.17, 15) is 28.9 Å². The molecular formula is C56H97O11P. The van der Waals surface area contributed by atoms with Gasteiger partial charge in [0.25, 0.3) is 0 Å². The van der Waals surface area contributed by atoms with Crippen LogP contribution in [-0.2, 0) is 42.2 Å². The fraction of sp³-hybridized carbons (Fsp3) is 0.732. The maximum atomic E-state index is 12.8. The summed E-state index contributed by atoms with van der Waals surface area (Å²) in [5, 5.41) is 9.76. The molecule has 0 aliphatic carbocycles. The first-order valence-electron chi connectivity index (χ1n) is 26.8. The molecule has 0 aromatic heterocycles. The number of ether oxygens (including phenoxy) is 3. The van der Waals surface area contributed by atoms with Crippen molar-refractivity contribution in [3.63, 3.8) is 0 Å². The second-order valence-electron chi connectivity index (χ2n) is 17.7. The van der Waals surface area contributed by atoms with Crippen LogP contribution in [0, 0.1) is 0 Å². The minimum atomic E-state index is -4.76. The Balaban J connectivity index is 4.84. The van der Waals surface area contributed by atoms with E-state index in [0.717, 1.165) is 77.0 Å². The van der Waals surface area contributed by atoms with Crippen molar-refractivity contribution in [2.75, 3.05) is 26.4 Å². The molecule has 0 saturated carbocycles. The third kappa shape index (κ3) is 48.0. The Kier molecular flexibility index (Phi) is 48.0. The zero-order valence-electron chi connectivity index (χ0n) is 43.1. The van der Waals surface area contributed by atoms with Crippen LogP contribution < -0.4 is 0 Å². The predicted molar refractivity (Wildman–Crippen MR) is 279 cm³/mol. The van der Waals surface area contributed by atoms with Crippen LogP contribution in [0.5, 0.6) is 0 Å². The summed E-state index contributed by atoms with van der Waals surface area (Å²) in [6, 6.07) is 0. The van der Waals surface area contributed by atoms with Crippen molar-refractivity contribution in [1.82, 2.24) is 0 Å². The molecule has 392 valence electrons. The molecule has 3 unspecified atom stereocenters. The van der Waals surface area contributed by atoms with E-state index in [1.807, 2.05) is 12.2 Å². The summed E-state index contributed by atoms with van der Waals surface area (Å²) in [6.07, 6.45) is 54.6. The van der Waals surface area contributed by atoms with Crippen LogP contribution >= 0.6 is 7.82 Å². The van der Waals surface area contributed by atoms with E-state index in [-0.39, 0.29) is 25.9 Å². The van der Waals surface area contributed by atoms with E-state index in [4.69, 9.17) is 23.3 Å². The second-order valence-corrected chi connectivity index (χ2v) is 19.1. The van der Waals surface area contributed by atoms with Crippen LogP contribution in [0.1, 0.15) is 226 Å². The molecule has 0 bridgehead atoms. The van der Waals surface area contributed by atoms with Gasteiger partial charge in [0.15, 0.2) is 6.10 Å². The van der Waals surface area contributed by atoms with E-state index >= 15 is 0 Å². The van der Waals surface area contributed by atoms with Crippen molar-refractivity contribution in [3.05, 3.63) is 72.9 Å². The third-order valence-electron chi connectivity index (χ3n) is 11.2. The summed E-state index contributed by atoms with van der Waals surface area (Å²) in [5.74, 6) is -1.56. The summed E-state index contributed by atoms with van der Waals surface area (Å²) in [6.45, 7) is 4.42. The smallest absolute Gasteiger partial charge is 0.462 e. The lowest BCUT2D eigenvalue weighted by atomic mass is 10.1. The molecule has 12 heteroatoms. The number of aliphatic hydroxyl groups excluding tert-OH is 1. The zero-order chi connectivity index (χ0) is 49.9. The highest BCUT2D eigenvalue weighted by Gasteiger charge is 2.28. The average Bonchev–Trinajstić information content (AvgIpc) is 3.32. The highest BCUT2D eigenvalue weighted by atomic mass is 31.2. The molecule has 0 aliphatic rings. The maximum absolute atomic E-state index is 12.8. The number of phosphoric ester groups is 1. The zero-order valence-corrected chi connectivity index (χ0v) is 43.9. The third-order valence-corrected chi connectivity index (χ3v) is 12.1. The molecule has 0 fully saturated rings. The molecule has 0 radical (unpaired) electrons. The van der Waals surface area contributed by atoms with Gasteiger partial charge in [0.05, 0.1) is 19.8 Å². The Morgan fingerprint density at radius 2 is 0.765 bits per heavy atom. The monoisotopic (exact) mass is 977 g/mol. The predicted octanol–water partition coefficient (Wildman–Crippen LogP) is 15.4. The fourth-order valence-electron chi connectivity index (χ4n) is 7.09. The normalized spacial score (nSPS) is 14.0. The van der Waals surface area contributed by atoms with Crippen LogP contribution in [0.15, 0.2) is 72.9 Å². The van der Waals surface area contributed by atoms with Crippen LogP contribution in [-0.4, -0.2) is 66.5 Å². The topological polar surface area (TPSA) is 155 Å². The first-order chi connectivity index (χ1) is 33.2. The van der Waals surface area contributed by atoms with E-state index < -0.39 is 57.8 Å². The molecule has 3 atom stereocenters. The number of aliphatic hydroxyl groups is 1. The highest BCUT2D eigenvalue weighted by Crippen LogP contribution is 2.43. The second kappa shape index (κ2) is 50.3. The van der Waals surface area contributed by atoms with Crippen molar-refractivity contribution < 1.29 is 52.2 Å². The van der Waals surface area contributed by atoms with E-state index in [2.05, 4.69) is 81.5 Å². The molecule has 0 rings (SSSR count). The Morgan fingerprint density at radius 1 is 0.426 bits per heavy atom. The summed E-state index contributed by atoms with van der Waals surface area (Å²) in [4.78, 5) is 48.3. The van der Waals surface area contributed by atoms with Crippen LogP contribution in [0.4, 0.5) is 0 Å². The molecule has 0 heterocycles. The van der Waals surface area contributed by atoms with Gasteiger partial charge in [-0.15, -0.1) is 0 Å². The number of allylic oxidation sites excluding steroid dienone is 12. The minimum absolute atomic E-state index is 0.0430. The molecule has 0 amide bonds. The number of unbranched alkanes of at least 4 members (excludes halogenated alkanes) is 20. The first kappa shape index (κ1) is 64.9. The number of hydrogen-bond acceptors (Lipinski definition) is 10. The number of carbonyl (C=O) groups is 3. The highest BCUT2D eigenvalue weighted by molar-refractivity contribution is 7.47. The molecule has 68 heavy (non-hydrogen) atoms. The molecule has 0 aromatic rings. The van der Waals surface area contributed by atoms with Gasteiger partial charge in [-0.05, 0) is 57.8 Å². The molecular weight excluding hydrogens is 880 g/mol. The Bertz CT molecular complexity index is 1420. The number of phosphoric acid groups is 1. The Morgan fingerprint density at radius 3 is 1.18 bits per heavy atom. The fourth-order valence-corrected chi connectivity index (χ4v) is 7.87. The van der Waals surface area contributed by atoms with Gasteiger partial charge in [0, 0.05) is 19.3 Å². The standard InChI is InChI=1S/C56H97O11P/c1-4-7-10-13-16-19-22-23-24-25-26-27-28-29-32-35-38-41-44-47-56(60)67-53(49-63-54(58)45-42-39-36-33-30-20-17-14-11-8-5-2)51-65-68(61,62)64-50-52(48-57)66-55(59)46-43-40-37-34-31-21-18-15-12-9-6-3/h7,10,16,19,23-24,26-27,29,32,38,41,52-53,57H,4-6,8-9,11-15,17-18,20-22,25,28,30-31,33-37,39-40,42-51H2,1-3H3,(H,61,62)/b10-7-,19-16-,24-23-,27-26-,32-29-,41-38-. The summed E-state index contributed by atoms with van der Waals surface area (Å²) in [5.41, 5.74) is 0. The van der Waals surface area contributed by atoms with Crippen molar-refractivity contribution in [3.8, 4) is 0 Å². The van der Waals surface area contributed by atoms with Crippen molar-refractivity contribution in [1.29, 1.82) is 0 Å². The molecule has 0 saturated heterocycles. The Labute approximate surface area is 414 Å². The van der Waals surface area contributed by atoms with Gasteiger partial charge >= 0.3 is 25.7 Å². The molecule has 0 aromatic carbocycles. The van der Waals surface area contributed by atoms with E-state index in [0.29, 0.717) is 19.3 Å². The van der Waals surface area contributed by atoms with Gasteiger partial charge in [0.2, 0.25) is 0 Å². The maximum Gasteiger partial charge on any atom is 0.472 e. The SMILES string of the molecule is CC/C=C\C/C=C\C/C=C\C/C=C\C/C=C\C/C=C\CCC(=O)OC(COC(=O)CCCCCCCCCCCCC)COP(=O)(O)OCC(CO)OC(=O)CCCCCCCCCCCCC. The quantitative estimate of drug-likeness (QED) is 0.0197. The summed E-state index contributed by atoms with van der Waals surface area (Å²) in [7, 11) is -4.76. The van der Waals surface area contributed by atoms with Gasteiger partial charge < -0.3 is 24.2 Å². The number of rotatable bonds is 49. The van der Waals surface area contributed by atoms with E-state index in [1.54, 1.807) is 0 Å².